The highest BCUT2D eigenvalue weighted by molar-refractivity contribution is 5.97. The molecule has 0 fully saturated rings. The zero-order valence-corrected chi connectivity index (χ0v) is 29.8. The Balaban J connectivity index is 1.44. The van der Waals surface area contributed by atoms with E-state index in [2.05, 4.69) is 31.2 Å². The standard InChI is InChI=1S/C40H48N8O5/c1-25(49)31(15-9-10-18-41)46-38(51)34(19-26-11-3-2-4-12-26)47-40(53)36(21-28-24-44-33-17-8-6-14-30(28)33)48-39(52)35(45-37(50)22-42)20-27-23-43-32-16-7-5-13-29(27)32/h2-8,11-14,16-17,23-24,31,34-36,43-44H,9-10,15,18-22,41-42H2,1H3,(H,45,50)(H,46,51)(H,47,53)(H,48,52). The van der Waals surface area contributed by atoms with Crippen molar-refractivity contribution in [1.82, 2.24) is 31.2 Å². The first-order valence-electron chi connectivity index (χ1n) is 17.9. The van der Waals surface area contributed by atoms with Gasteiger partial charge in [0.15, 0.2) is 5.78 Å². The van der Waals surface area contributed by atoms with E-state index in [0.29, 0.717) is 25.8 Å². The maximum absolute atomic E-state index is 14.4. The molecule has 0 aliphatic carbocycles. The van der Waals surface area contributed by atoms with Crippen molar-refractivity contribution in [1.29, 1.82) is 0 Å². The summed E-state index contributed by atoms with van der Waals surface area (Å²) in [6, 6.07) is 20.3. The molecule has 0 saturated heterocycles. The number of H-pyrrole nitrogens is 2. The molecule has 0 bridgehead atoms. The lowest BCUT2D eigenvalue weighted by molar-refractivity contribution is -0.134. The van der Waals surface area contributed by atoms with E-state index in [4.69, 9.17) is 11.5 Å². The average molecular weight is 721 g/mol. The van der Waals surface area contributed by atoms with Crippen molar-refractivity contribution in [2.24, 2.45) is 11.5 Å². The smallest absolute Gasteiger partial charge is 0.243 e. The third-order valence-electron chi connectivity index (χ3n) is 9.34. The Morgan fingerprint density at radius 3 is 1.57 bits per heavy atom. The molecule has 2 heterocycles. The first-order valence-corrected chi connectivity index (χ1v) is 17.9. The van der Waals surface area contributed by atoms with Crippen molar-refractivity contribution < 1.29 is 24.0 Å². The van der Waals surface area contributed by atoms with Crippen molar-refractivity contribution in [3.63, 3.8) is 0 Å². The summed E-state index contributed by atoms with van der Waals surface area (Å²) in [6.45, 7) is 1.55. The van der Waals surface area contributed by atoms with E-state index in [1.807, 2.05) is 78.9 Å². The van der Waals surface area contributed by atoms with Crippen molar-refractivity contribution in [3.8, 4) is 0 Å². The number of aromatic nitrogens is 2. The van der Waals surface area contributed by atoms with Gasteiger partial charge in [-0.2, -0.15) is 0 Å². The van der Waals surface area contributed by atoms with Gasteiger partial charge in [-0.25, -0.2) is 0 Å². The molecule has 0 spiro atoms. The summed E-state index contributed by atoms with van der Waals surface area (Å²) < 4.78 is 0. The molecule has 53 heavy (non-hydrogen) atoms. The summed E-state index contributed by atoms with van der Waals surface area (Å²) >= 11 is 0. The number of nitrogens with one attached hydrogen (secondary N) is 6. The van der Waals surface area contributed by atoms with Crippen LogP contribution in [0.25, 0.3) is 21.8 Å². The number of nitrogens with two attached hydrogens (primary N) is 2. The van der Waals surface area contributed by atoms with Gasteiger partial charge in [0, 0.05) is 53.5 Å². The van der Waals surface area contributed by atoms with E-state index < -0.39 is 47.8 Å². The quantitative estimate of drug-likeness (QED) is 0.0595. The minimum absolute atomic E-state index is 0.0705. The molecule has 0 radical (unpaired) electrons. The van der Waals surface area contributed by atoms with Gasteiger partial charge in [0.2, 0.25) is 23.6 Å². The molecule has 13 heteroatoms. The summed E-state index contributed by atoms with van der Waals surface area (Å²) in [5.41, 5.74) is 15.3. The van der Waals surface area contributed by atoms with Crippen LogP contribution >= 0.6 is 0 Å². The molecule has 278 valence electrons. The van der Waals surface area contributed by atoms with Crippen LogP contribution in [0.4, 0.5) is 0 Å². The third-order valence-corrected chi connectivity index (χ3v) is 9.34. The maximum Gasteiger partial charge on any atom is 0.243 e. The van der Waals surface area contributed by atoms with Gasteiger partial charge >= 0.3 is 0 Å². The summed E-state index contributed by atoms with van der Waals surface area (Å²) in [5.74, 6) is -2.48. The molecule has 2 aromatic heterocycles. The van der Waals surface area contributed by atoms with E-state index in [1.165, 1.54) is 6.92 Å². The molecule has 10 N–H and O–H groups in total. The summed E-state index contributed by atoms with van der Waals surface area (Å²) in [5, 5.41) is 13.1. The zero-order valence-electron chi connectivity index (χ0n) is 29.8. The van der Waals surface area contributed by atoms with Crippen LogP contribution < -0.4 is 32.7 Å². The van der Waals surface area contributed by atoms with E-state index in [-0.39, 0.29) is 31.6 Å². The largest absolute Gasteiger partial charge is 0.361 e. The molecule has 5 aromatic rings. The zero-order chi connectivity index (χ0) is 37.7. The van der Waals surface area contributed by atoms with Gasteiger partial charge in [0.25, 0.3) is 0 Å². The Kier molecular flexibility index (Phi) is 13.5. The number of carbonyl (C=O) groups is 5. The molecule has 13 nitrogen and oxygen atoms in total. The highest BCUT2D eigenvalue weighted by Gasteiger charge is 2.32. The Hall–Kier alpha value is -5.79. The normalized spacial score (nSPS) is 13.5. The second kappa shape index (κ2) is 18.6. The van der Waals surface area contributed by atoms with Crippen LogP contribution in [-0.4, -0.2) is 76.6 Å². The number of hydrogen-bond donors (Lipinski definition) is 8. The lowest BCUT2D eigenvalue weighted by Crippen LogP contribution is -2.59. The lowest BCUT2D eigenvalue weighted by atomic mass is 10.00. The van der Waals surface area contributed by atoms with Crippen LogP contribution in [0.1, 0.15) is 42.9 Å². The molecule has 0 saturated carbocycles. The highest BCUT2D eigenvalue weighted by Crippen LogP contribution is 2.21. The van der Waals surface area contributed by atoms with E-state index >= 15 is 0 Å². The van der Waals surface area contributed by atoms with E-state index in [9.17, 15) is 24.0 Å². The number of hydrogen-bond acceptors (Lipinski definition) is 7. The van der Waals surface area contributed by atoms with Crippen LogP contribution in [0.3, 0.4) is 0 Å². The lowest BCUT2D eigenvalue weighted by Gasteiger charge is -2.26. The van der Waals surface area contributed by atoms with Crippen LogP contribution in [0.15, 0.2) is 91.3 Å². The van der Waals surface area contributed by atoms with Crippen molar-refractivity contribution >= 4 is 51.2 Å². The van der Waals surface area contributed by atoms with Crippen molar-refractivity contribution in [2.45, 2.75) is 69.6 Å². The van der Waals surface area contributed by atoms with Crippen molar-refractivity contribution in [2.75, 3.05) is 13.1 Å². The first-order chi connectivity index (χ1) is 25.7. The fourth-order valence-corrected chi connectivity index (χ4v) is 6.46. The molecule has 0 aliphatic rings. The maximum atomic E-state index is 14.4. The molecule has 0 aliphatic heterocycles. The second-order valence-corrected chi connectivity index (χ2v) is 13.2. The predicted octanol–water partition coefficient (Wildman–Crippen LogP) is 2.29. The summed E-state index contributed by atoms with van der Waals surface area (Å²) in [7, 11) is 0. The first kappa shape index (κ1) is 38.4. The number of ketones is 1. The number of fused-ring (bicyclic) bond motifs is 2. The number of amides is 4. The highest BCUT2D eigenvalue weighted by atomic mass is 16.2. The van der Waals surface area contributed by atoms with E-state index in [0.717, 1.165) is 38.5 Å². The minimum Gasteiger partial charge on any atom is -0.361 e. The van der Waals surface area contributed by atoms with Gasteiger partial charge in [-0.1, -0.05) is 66.7 Å². The van der Waals surface area contributed by atoms with Gasteiger partial charge in [0.1, 0.15) is 18.1 Å². The molecule has 4 unspecified atom stereocenters. The van der Waals surface area contributed by atoms with Crippen LogP contribution in [0.2, 0.25) is 0 Å². The van der Waals surface area contributed by atoms with E-state index in [1.54, 1.807) is 12.4 Å². The second-order valence-electron chi connectivity index (χ2n) is 13.2. The monoisotopic (exact) mass is 720 g/mol. The molecular weight excluding hydrogens is 672 g/mol. The van der Waals surface area contributed by atoms with Crippen LogP contribution in [0, 0.1) is 0 Å². The number of unbranched alkanes of at least 4 members (excludes halogenated alkanes) is 1. The topological polar surface area (TPSA) is 217 Å². The van der Waals surface area contributed by atoms with Gasteiger partial charge in [-0.15, -0.1) is 0 Å². The molecule has 5 rings (SSSR count). The molecule has 4 atom stereocenters. The number of aromatic amines is 2. The number of rotatable bonds is 19. The van der Waals surface area contributed by atoms with Gasteiger partial charge in [0.05, 0.1) is 12.6 Å². The SMILES string of the molecule is CC(=O)C(CCCCN)NC(=O)C(Cc1ccccc1)NC(=O)C(Cc1c[nH]c2ccccc12)NC(=O)C(Cc1c[nH]c2ccccc12)NC(=O)CN. The Morgan fingerprint density at radius 1 is 0.585 bits per heavy atom. The average Bonchev–Trinajstić information content (AvgIpc) is 3.77. The van der Waals surface area contributed by atoms with Gasteiger partial charge in [-0.3, -0.25) is 24.0 Å². The molecular formula is C40H48N8O5. The van der Waals surface area contributed by atoms with Crippen molar-refractivity contribution in [3.05, 3.63) is 108 Å². The number of para-hydroxylation sites is 2. The third kappa shape index (κ3) is 10.4. The Labute approximate surface area is 308 Å². The van der Waals surface area contributed by atoms with Gasteiger partial charge in [-0.05, 0) is 61.6 Å². The molecule has 4 amide bonds. The minimum atomic E-state index is -1.17. The Bertz CT molecular complexity index is 2020. The number of Topliss-reactive ketones (excluding diaryl/α,β-unsaturated/α-hetero) is 1. The number of benzene rings is 3. The fraction of sp³-hybridized carbons (Fsp3) is 0.325. The summed E-state index contributed by atoms with van der Waals surface area (Å²) in [4.78, 5) is 73.8. The predicted molar refractivity (Wildman–Crippen MR) is 205 cm³/mol. The van der Waals surface area contributed by atoms with Gasteiger partial charge < -0.3 is 42.7 Å². The summed E-state index contributed by atoms with van der Waals surface area (Å²) in [6.07, 6.45) is 5.66. The van der Waals surface area contributed by atoms with Crippen LogP contribution in [-0.2, 0) is 43.2 Å². The molecule has 3 aromatic carbocycles. The fourth-order valence-electron chi connectivity index (χ4n) is 6.46. The number of carbonyl (C=O) groups excluding carboxylic acids is 5. The Morgan fingerprint density at radius 2 is 1.06 bits per heavy atom. The van der Waals surface area contributed by atoms with Crippen LogP contribution in [0.5, 0.6) is 0 Å².